The van der Waals surface area contributed by atoms with Crippen LogP contribution < -0.4 is 0 Å². The van der Waals surface area contributed by atoms with E-state index >= 15 is 0 Å². The van der Waals surface area contributed by atoms with E-state index in [1.54, 1.807) is 0 Å². The molecule has 1 rings (SSSR count). The summed E-state index contributed by atoms with van der Waals surface area (Å²) in [5.41, 5.74) is -0.825. The van der Waals surface area contributed by atoms with Crippen molar-refractivity contribution in [2.45, 2.75) is 71.3 Å². The first-order chi connectivity index (χ1) is 8.57. The lowest BCUT2D eigenvalue weighted by Gasteiger charge is -2.40. The molecule has 3 nitrogen and oxygen atoms in total. The molecule has 0 saturated heterocycles. The predicted molar refractivity (Wildman–Crippen MR) is 72.2 cm³/mol. The molecule has 0 aromatic carbocycles. The van der Waals surface area contributed by atoms with Gasteiger partial charge in [-0.3, -0.25) is 4.79 Å². The van der Waals surface area contributed by atoms with Crippen molar-refractivity contribution in [3.63, 3.8) is 0 Å². The number of esters is 1. The Hall–Kier alpha value is -0.570. The molecule has 0 spiro atoms. The van der Waals surface area contributed by atoms with Gasteiger partial charge in [0.25, 0.3) is 0 Å². The van der Waals surface area contributed by atoms with Crippen LogP contribution in [0.25, 0.3) is 0 Å². The fourth-order valence-corrected chi connectivity index (χ4v) is 3.07. The molecular formula is C15H28O3. The van der Waals surface area contributed by atoms with Gasteiger partial charge in [0.2, 0.25) is 0 Å². The van der Waals surface area contributed by atoms with Crippen LogP contribution in [-0.2, 0) is 9.53 Å². The van der Waals surface area contributed by atoms with E-state index in [-0.39, 0.29) is 11.9 Å². The number of carbonyl (C=O) groups excluding carboxylic acids is 1. The molecule has 0 aliphatic heterocycles. The number of ether oxygens (including phenoxy) is 1. The predicted octanol–water partition coefficient (Wildman–Crippen LogP) is 3.30. The van der Waals surface area contributed by atoms with Crippen molar-refractivity contribution in [1.82, 2.24) is 0 Å². The number of rotatable bonds is 6. The molecule has 1 aliphatic rings. The Morgan fingerprint density at radius 2 is 1.94 bits per heavy atom. The van der Waals surface area contributed by atoms with Gasteiger partial charge in [0.1, 0.15) is 0 Å². The zero-order valence-corrected chi connectivity index (χ0v) is 12.1. The highest BCUT2D eigenvalue weighted by molar-refractivity contribution is 5.73. The Morgan fingerprint density at radius 1 is 1.33 bits per heavy atom. The van der Waals surface area contributed by atoms with Crippen molar-refractivity contribution in [2.24, 2.45) is 11.8 Å². The van der Waals surface area contributed by atoms with Crippen LogP contribution in [0.1, 0.15) is 65.7 Å². The summed E-state index contributed by atoms with van der Waals surface area (Å²) in [5.74, 6) is 0.173. The molecule has 0 radical (unpaired) electrons. The fourth-order valence-electron chi connectivity index (χ4n) is 3.07. The molecule has 1 unspecified atom stereocenters. The second-order valence-corrected chi connectivity index (χ2v) is 5.55. The van der Waals surface area contributed by atoms with Gasteiger partial charge in [-0.1, -0.05) is 26.7 Å². The van der Waals surface area contributed by atoms with Gasteiger partial charge >= 0.3 is 5.97 Å². The van der Waals surface area contributed by atoms with E-state index < -0.39 is 5.60 Å². The Balaban J connectivity index is 2.69. The van der Waals surface area contributed by atoms with Crippen molar-refractivity contribution >= 4 is 5.97 Å². The van der Waals surface area contributed by atoms with Crippen LogP contribution in [0.5, 0.6) is 0 Å². The van der Waals surface area contributed by atoms with Gasteiger partial charge in [0.05, 0.1) is 18.1 Å². The lowest BCUT2D eigenvalue weighted by Crippen LogP contribution is -2.45. The average molecular weight is 256 g/mol. The Kier molecular flexibility index (Phi) is 6.13. The summed E-state index contributed by atoms with van der Waals surface area (Å²) in [7, 11) is 0. The van der Waals surface area contributed by atoms with Crippen LogP contribution in [0.15, 0.2) is 0 Å². The largest absolute Gasteiger partial charge is 0.466 e. The number of hydrogen-bond donors (Lipinski definition) is 1. The Morgan fingerprint density at radius 3 is 2.39 bits per heavy atom. The first-order valence-electron chi connectivity index (χ1n) is 7.46. The number of aliphatic hydroxyl groups is 1. The molecule has 1 N–H and O–H groups in total. The van der Waals surface area contributed by atoms with E-state index in [9.17, 15) is 9.90 Å². The molecule has 1 fully saturated rings. The van der Waals surface area contributed by atoms with E-state index in [2.05, 4.69) is 6.92 Å². The molecule has 0 aromatic heterocycles. The van der Waals surface area contributed by atoms with E-state index in [0.717, 1.165) is 44.4 Å². The van der Waals surface area contributed by atoms with Gasteiger partial charge in [-0.2, -0.15) is 0 Å². The van der Waals surface area contributed by atoms with E-state index in [4.69, 9.17) is 4.74 Å². The summed E-state index contributed by atoms with van der Waals surface area (Å²) in [6.45, 7) is 6.46. The maximum Gasteiger partial charge on any atom is 0.311 e. The second-order valence-electron chi connectivity index (χ2n) is 5.55. The fraction of sp³-hybridized carbons (Fsp3) is 0.933. The summed E-state index contributed by atoms with van der Waals surface area (Å²) in [6.07, 6.45) is 6.37. The minimum absolute atomic E-state index is 0.211. The molecule has 1 atom stereocenters. The normalized spacial score (nSPS) is 29.9. The van der Waals surface area contributed by atoms with Gasteiger partial charge in [-0.05, 0) is 44.9 Å². The van der Waals surface area contributed by atoms with Crippen LogP contribution >= 0.6 is 0 Å². The van der Waals surface area contributed by atoms with Gasteiger partial charge in [-0.15, -0.1) is 0 Å². The third-order valence-electron chi connectivity index (χ3n) is 4.35. The molecule has 0 bridgehead atoms. The van der Waals surface area contributed by atoms with Crippen molar-refractivity contribution in [2.75, 3.05) is 6.61 Å². The summed E-state index contributed by atoms with van der Waals surface area (Å²) >= 11 is 0. The Bertz CT molecular complexity index is 254. The summed E-state index contributed by atoms with van der Waals surface area (Å²) in [4.78, 5) is 12.0. The minimum atomic E-state index is -0.825. The minimum Gasteiger partial charge on any atom is -0.466 e. The standard InChI is InChI=1S/C15H28O3/c1-4-7-13(14(16)18-6-3)15(17)10-8-12(5-2)9-11-15/h12-13,17H,4-11H2,1-3H3. The molecule has 3 heteroatoms. The van der Waals surface area contributed by atoms with Gasteiger partial charge in [0, 0.05) is 0 Å². The van der Waals surface area contributed by atoms with Crippen molar-refractivity contribution < 1.29 is 14.6 Å². The highest BCUT2D eigenvalue weighted by atomic mass is 16.5. The quantitative estimate of drug-likeness (QED) is 0.742. The number of hydrogen-bond acceptors (Lipinski definition) is 3. The topological polar surface area (TPSA) is 46.5 Å². The highest BCUT2D eigenvalue weighted by Crippen LogP contribution is 2.40. The smallest absolute Gasteiger partial charge is 0.311 e. The second kappa shape index (κ2) is 7.13. The molecule has 0 heterocycles. The van der Waals surface area contributed by atoms with Crippen molar-refractivity contribution in [1.29, 1.82) is 0 Å². The van der Waals surface area contributed by atoms with Gasteiger partial charge < -0.3 is 9.84 Å². The lowest BCUT2D eigenvalue weighted by molar-refractivity contribution is -0.162. The summed E-state index contributed by atoms with van der Waals surface area (Å²) in [5, 5.41) is 10.8. The zero-order chi connectivity index (χ0) is 13.6. The molecule has 18 heavy (non-hydrogen) atoms. The SMILES string of the molecule is CCCC(C(=O)OCC)C1(O)CCC(CC)CC1. The molecule has 0 aromatic rings. The molecule has 1 saturated carbocycles. The van der Waals surface area contributed by atoms with E-state index in [1.165, 1.54) is 6.42 Å². The van der Waals surface area contributed by atoms with Crippen LogP contribution in [0, 0.1) is 11.8 Å². The molecule has 1 aliphatic carbocycles. The van der Waals surface area contributed by atoms with Crippen molar-refractivity contribution in [3.05, 3.63) is 0 Å². The Labute approximate surface area is 111 Å². The molecular weight excluding hydrogens is 228 g/mol. The molecule has 106 valence electrons. The first-order valence-corrected chi connectivity index (χ1v) is 7.46. The van der Waals surface area contributed by atoms with Crippen molar-refractivity contribution in [3.8, 4) is 0 Å². The number of carbonyl (C=O) groups is 1. The van der Waals surface area contributed by atoms with Crippen LogP contribution in [0.4, 0.5) is 0 Å². The van der Waals surface area contributed by atoms with E-state index in [1.807, 2.05) is 13.8 Å². The zero-order valence-electron chi connectivity index (χ0n) is 12.1. The first kappa shape index (κ1) is 15.5. The maximum atomic E-state index is 12.0. The third-order valence-corrected chi connectivity index (χ3v) is 4.35. The monoisotopic (exact) mass is 256 g/mol. The lowest BCUT2D eigenvalue weighted by atomic mass is 9.70. The van der Waals surface area contributed by atoms with Gasteiger partial charge in [-0.25, -0.2) is 0 Å². The summed E-state index contributed by atoms with van der Waals surface area (Å²) in [6, 6.07) is 0. The van der Waals surface area contributed by atoms with Gasteiger partial charge in [0.15, 0.2) is 0 Å². The van der Waals surface area contributed by atoms with Crippen LogP contribution in [-0.4, -0.2) is 23.3 Å². The van der Waals surface area contributed by atoms with E-state index in [0.29, 0.717) is 6.61 Å². The summed E-state index contributed by atoms with van der Waals surface area (Å²) < 4.78 is 5.13. The highest BCUT2D eigenvalue weighted by Gasteiger charge is 2.43. The maximum absolute atomic E-state index is 12.0. The average Bonchev–Trinajstić information content (AvgIpc) is 2.37. The van der Waals surface area contributed by atoms with Crippen LogP contribution in [0.2, 0.25) is 0 Å². The molecule has 0 amide bonds. The third kappa shape index (κ3) is 3.71. The van der Waals surface area contributed by atoms with Crippen LogP contribution in [0.3, 0.4) is 0 Å².